The number of aliphatic hydroxyl groups is 1. The van der Waals surface area contributed by atoms with Gasteiger partial charge in [0.25, 0.3) is 6.47 Å². The summed E-state index contributed by atoms with van der Waals surface area (Å²) in [5, 5.41) is 29.4. The summed E-state index contributed by atoms with van der Waals surface area (Å²) in [5.74, 6) is -0.734. The molecule has 1 unspecified atom stereocenters. The molecule has 0 bridgehead atoms. The zero-order chi connectivity index (χ0) is 20.6. The fourth-order valence-electron chi connectivity index (χ4n) is 3.39. The molecular weight excluding hydrogens is 388 g/mol. The fraction of sp³-hybridized carbons (Fsp3) is 0.706. The molecule has 2 fully saturated rings. The molecule has 3 rings (SSSR count). The first-order valence-corrected chi connectivity index (χ1v) is 9.93. The smallest absolute Gasteiger partial charge is 0.290 e. The Morgan fingerprint density at radius 3 is 2.71 bits per heavy atom. The number of carbonyl (C=O) groups is 3. The molecule has 3 N–H and O–H groups in total. The van der Waals surface area contributed by atoms with E-state index in [1.54, 1.807) is 7.11 Å². The predicted molar refractivity (Wildman–Crippen MR) is 101 cm³/mol. The SMILES string of the molecule is COCc1nnc(N2CC(C(=O)NCC3(O)CCCCC3)CC2=O)s1.O=CO. The van der Waals surface area contributed by atoms with Crippen LogP contribution in [0.25, 0.3) is 0 Å². The first-order valence-electron chi connectivity index (χ1n) is 9.12. The summed E-state index contributed by atoms with van der Waals surface area (Å²) < 4.78 is 5.01. The third-order valence-corrected chi connectivity index (χ3v) is 5.75. The molecule has 2 amide bonds. The molecule has 156 valence electrons. The molecule has 0 aromatic carbocycles. The van der Waals surface area contributed by atoms with Gasteiger partial charge in [-0.25, -0.2) is 0 Å². The van der Waals surface area contributed by atoms with Gasteiger partial charge >= 0.3 is 0 Å². The highest BCUT2D eigenvalue weighted by atomic mass is 32.1. The van der Waals surface area contributed by atoms with Crippen LogP contribution in [0.2, 0.25) is 0 Å². The van der Waals surface area contributed by atoms with E-state index in [0.29, 0.717) is 23.3 Å². The first kappa shape index (κ1) is 22.2. The largest absolute Gasteiger partial charge is 0.483 e. The maximum Gasteiger partial charge on any atom is 0.290 e. The molecule has 1 saturated carbocycles. The lowest BCUT2D eigenvalue weighted by Gasteiger charge is -2.32. The third-order valence-electron chi connectivity index (χ3n) is 4.83. The minimum Gasteiger partial charge on any atom is -0.483 e. The van der Waals surface area contributed by atoms with Gasteiger partial charge in [-0.2, -0.15) is 0 Å². The van der Waals surface area contributed by atoms with Crippen molar-refractivity contribution < 1.29 is 29.3 Å². The van der Waals surface area contributed by atoms with E-state index < -0.39 is 11.5 Å². The lowest BCUT2D eigenvalue weighted by Crippen LogP contribution is -2.46. The Bertz CT molecular complexity index is 676. The van der Waals surface area contributed by atoms with Gasteiger partial charge in [0.1, 0.15) is 11.6 Å². The van der Waals surface area contributed by atoms with Crippen molar-refractivity contribution in [3.8, 4) is 0 Å². The van der Waals surface area contributed by atoms with E-state index in [4.69, 9.17) is 14.6 Å². The van der Waals surface area contributed by atoms with Gasteiger partial charge in [-0.05, 0) is 12.8 Å². The minimum atomic E-state index is -0.801. The van der Waals surface area contributed by atoms with Crippen LogP contribution in [0.1, 0.15) is 43.5 Å². The van der Waals surface area contributed by atoms with E-state index in [2.05, 4.69) is 15.5 Å². The molecule has 1 aromatic heterocycles. The van der Waals surface area contributed by atoms with Crippen LogP contribution in [0, 0.1) is 5.92 Å². The van der Waals surface area contributed by atoms with Crippen molar-refractivity contribution in [3.63, 3.8) is 0 Å². The lowest BCUT2D eigenvalue weighted by atomic mass is 9.85. The fourth-order valence-corrected chi connectivity index (χ4v) is 4.22. The van der Waals surface area contributed by atoms with Crippen LogP contribution in [-0.2, 0) is 25.7 Å². The van der Waals surface area contributed by atoms with Gasteiger partial charge in [0.2, 0.25) is 16.9 Å². The van der Waals surface area contributed by atoms with Crippen LogP contribution in [0.5, 0.6) is 0 Å². The zero-order valence-electron chi connectivity index (χ0n) is 15.8. The zero-order valence-corrected chi connectivity index (χ0v) is 16.6. The number of anilines is 1. The average molecular weight is 414 g/mol. The van der Waals surface area contributed by atoms with Crippen molar-refractivity contribution in [2.45, 2.75) is 50.7 Å². The number of hydrogen-bond donors (Lipinski definition) is 3. The second kappa shape index (κ2) is 10.4. The van der Waals surface area contributed by atoms with E-state index in [0.717, 1.165) is 32.1 Å². The molecule has 11 heteroatoms. The van der Waals surface area contributed by atoms with Gasteiger partial charge in [-0.1, -0.05) is 30.6 Å². The number of carbonyl (C=O) groups excluding carboxylic acids is 2. The number of methoxy groups -OCH3 is 1. The lowest BCUT2D eigenvalue weighted by molar-refractivity contribution is -0.127. The standard InChI is InChI=1S/C16H24N4O4S.CH2O2/c1-24-9-12-18-19-15(25-12)20-8-11(7-13(20)21)14(22)17-10-16(23)5-3-2-4-6-16;2-1-3/h11,23H,2-10H2,1H3,(H,17,22);1H,(H,2,3). The number of amides is 2. The summed E-state index contributed by atoms with van der Waals surface area (Å²) in [6.07, 6.45) is 4.71. The van der Waals surface area contributed by atoms with Gasteiger partial charge in [0, 0.05) is 26.6 Å². The van der Waals surface area contributed by atoms with Crippen molar-refractivity contribution in [1.82, 2.24) is 15.5 Å². The molecular formula is C17H26N4O6S. The van der Waals surface area contributed by atoms with Crippen molar-refractivity contribution >= 4 is 34.8 Å². The van der Waals surface area contributed by atoms with Crippen LogP contribution in [-0.4, -0.2) is 64.5 Å². The van der Waals surface area contributed by atoms with Crippen molar-refractivity contribution in [2.75, 3.05) is 25.1 Å². The van der Waals surface area contributed by atoms with Crippen LogP contribution in [0.15, 0.2) is 0 Å². The van der Waals surface area contributed by atoms with Crippen molar-refractivity contribution in [3.05, 3.63) is 5.01 Å². The summed E-state index contributed by atoms with van der Waals surface area (Å²) in [6, 6.07) is 0. The number of nitrogens with one attached hydrogen (secondary N) is 1. The Balaban J connectivity index is 0.000000878. The number of carboxylic acid groups (broad SMARTS) is 1. The highest BCUT2D eigenvalue weighted by Gasteiger charge is 2.38. The van der Waals surface area contributed by atoms with E-state index in [-0.39, 0.29) is 31.3 Å². The molecule has 0 spiro atoms. The Morgan fingerprint density at radius 2 is 2.07 bits per heavy atom. The maximum atomic E-state index is 12.4. The quantitative estimate of drug-likeness (QED) is 0.573. The molecule has 1 atom stereocenters. The summed E-state index contributed by atoms with van der Waals surface area (Å²) in [7, 11) is 1.57. The predicted octanol–water partition coefficient (Wildman–Crippen LogP) is 0.550. The monoisotopic (exact) mass is 414 g/mol. The summed E-state index contributed by atoms with van der Waals surface area (Å²) in [5.41, 5.74) is -0.801. The Labute approximate surface area is 166 Å². The number of nitrogens with zero attached hydrogens (tertiary/aromatic N) is 3. The summed E-state index contributed by atoms with van der Waals surface area (Å²) >= 11 is 1.29. The Hall–Kier alpha value is -2.11. The average Bonchev–Trinajstić information content (AvgIpc) is 3.28. The van der Waals surface area contributed by atoms with Gasteiger partial charge in [0.05, 0.1) is 11.5 Å². The van der Waals surface area contributed by atoms with Crippen LogP contribution < -0.4 is 10.2 Å². The number of aromatic nitrogens is 2. The molecule has 1 aromatic rings. The Kier molecular flexibility index (Phi) is 8.27. The van der Waals surface area contributed by atoms with Gasteiger partial charge in [-0.3, -0.25) is 19.3 Å². The summed E-state index contributed by atoms with van der Waals surface area (Å²) in [6.45, 7) is 0.653. The van der Waals surface area contributed by atoms with E-state index in [9.17, 15) is 14.7 Å². The minimum absolute atomic E-state index is 0.128. The molecule has 1 aliphatic carbocycles. The van der Waals surface area contributed by atoms with Gasteiger partial charge in [-0.15, -0.1) is 10.2 Å². The van der Waals surface area contributed by atoms with Crippen molar-refractivity contribution in [2.24, 2.45) is 5.92 Å². The van der Waals surface area contributed by atoms with E-state index in [1.165, 1.54) is 16.2 Å². The van der Waals surface area contributed by atoms with Crippen LogP contribution in [0.3, 0.4) is 0 Å². The second-order valence-corrected chi connectivity index (χ2v) is 7.97. The highest BCUT2D eigenvalue weighted by Crippen LogP contribution is 2.29. The van der Waals surface area contributed by atoms with Crippen molar-refractivity contribution in [1.29, 1.82) is 0 Å². The number of ether oxygens (including phenoxy) is 1. The molecule has 2 heterocycles. The van der Waals surface area contributed by atoms with Crippen LogP contribution >= 0.6 is 11.3 Å². The Morgan fingerprint density at radius 1 is 1.39 bits per heavy atom. The topological polar surface area (TPSA) is 142 Å². The van der Waals surface area contributed by atoms with Gasteiger partial charge < -0.3 is 20.3 Å². The maximum absolute atomic E-state index is 12.4. The van der Waals surface area contributed by atoms with Crippen LogP contribution in [0.4, 0.5) is 5.13 Å². The van der Waals surface area contributed by atoms with Gasteiger partial charge in [0.15, 0.2) is 0 Å². The number of rotatable bonds is 6. The molecule has 28 heavy (non-hydrogen) atoms. The number of hydrogen-bond acceptors (Lipinski definition) is 8. The highest BCUT2D eigenvalue weighted by molar-refractivity contribution is 7.15. The third kappa shape index (κ3) is 5.94. The molecule has 10 nitrogen and oxygen atoms in total. The molecule has 2 aliphatic rings. The van der Waals surface area contributed by atoms with E-state index >= 15 is 0 Å². The van der Waals surface area contributed by atoms with E-state index in [1.807, 2.05) is 0 Å². The molecule has 1 aliphatic heterocycles. The normalized spacial score (nSPS) is 21.0. The molecule has 1 saturated heterocycles. The second-order valence-electron chi connectivity index (χ2n) is 6.92. The first-order chi connectivity index (χ1) is 13.4. The summed E-state index contributed by atoms with van der Waals surface area (Å²) in [4.78, 5) is 34.5. The molecule has 0 radical (unpaired) electrons.